The number of benzene rings is 1. The number of oxime groups is 1. The van der Waals surface area contributed by atoms with E-state index in [2.05, 4.69) is 5.16 Å². The zero-order valence-corrected chi connectivity index (χ0v) is 11.2. The van der Waals surface area contributed by atoms with Crippen LogP contribution in [-0.2, 0) is 4.84 Å². The van der Waals surface area contributed by atoms with Gasteiger partial charge in [-0.05, 0) is 24.8 Å². The summed E-state index contributed by atoms with van der Waals surface area (Å²) in [5.41, 5.74) is 6.82. The molecular weight excluding hydrogens is 269 g/mol. The van der Waals surface area contributed by atoms with Gasteiger partial charge >= 0.3 is 6.18 Å². The number of nitrogens with two attached hydrogens (primary N) is 1. The Morgan fingerprint density at radius 2 is 1.85 bits per heavy atom. The lowest BCUT2D eigenvalue weighted by atomic mass is 10.0. The van der Waals surface area contributed by atoms with Crippen molar-refractivity contribution < 1.29 is 18.0 Å². The Morgan fingerprint density at radius 1 is 1.15 bits per heavy atom. The van der Waals surface area contributed by atoms with Crippen molar-refractivity contribution in [2.75, 3.05) is 13.2 Å². The van der Waals surface area contributed by atoms with Crippen molar-refractivity contribution in [1.29, 1.82) is 0 Å². The van der Waals surface area contributed by atoms with Gasteiger partial charge in [-0.1, -0.05) is 35.5 Å². The maximum Gasteiger partial charge on any atom is 0.389 e. The summed E-state index contributed by atoms with van der Waals surface area (Å²) >= 11 is 0. The van der Waals surface area contributed by atoms with Gasteiger partial charge in [0.1, 0.15) is 6.61 Å². The second-order valence-electron chi connectivity index (χ2n) is 4.35. The van der Waals surface area contributed by atoms with Gasteiger partial charge < -0.3 is 10.6 Å². The van der Waals surface area contributed by atoms with E-state index < -0.39 is 12.6 Å². The van der Waals surface area contributed by atoms with Crippen LogP contribution in [0.25, 0.3) is 0 Å². The van der Waals surface area contributed by atoms with E-state index in [1.165, 1.54) is 0 Å². The van der Waals surface area contributed by atoms with E-state index in [4.69, 9.17) is 10.6 Å². The fraction of sp³-hybridized carbons (Fsp3) is 0.500. The Labute approximate surface area is 116 Å². The van der Waals surface area contributed by atoms with Crippen molar-refractivity contribution in [1.82, 2.24) is 0 Å². The summed E-state index contributed by atoms with van der Waals surface area (Å²) < 4.78 is 36.2. The maximum atomic E-state index is 12.1. The third-order valence-electron chi connectivity index (χ3n) is 2.61. The van der Waals surface area contributed by atoms with Crippen molar-refractivity contribution >= 4 is 5.71 Å². The van der Waals surface area contributed by atoms with Crippen molar-refractivity contribution in [3.63, 3.8) is 0 Å². The molecular formula is C14H19F3N2O. The van der Waals surface area contributed by atoms with Gasteiger partial charge in [-0.3, -0.25) is 0 Å². The summed E-state index contributed by atoms with van der Waals surface area (Å²) in [5, 5.41) is 3.97. The molecule has 0 aliphatic carbocycles. The second-order valence-corrected chi connectivity index (χ2v) is 4.35. The summed E-state index contributed by atoms with van der Waals surface area (Å²) in [6.07, 6.45) is -3.91. The van der Waals surface area contributed by atoms with Crippen LogP contribution in [0.1, 0.15) is 31.2 Å². The number of halogens is 3. The van der Waals surface area contributed by atoms with E-state index in [9.17, 15) is 13.2 Å². The van der Waals surface area contributed by atoms with Gasteiger partial charge in [0.15, 0.2) is 0 Å². The monoisotopic (exact) mass is 288 g/mol. The van der Waals surface area contributed by atoms with E-state index >= 15 is 0 Å². The van der Waals surface area contributed by atoms with E-state index in [0.717, 1.165) is 5.56 Å². The molecule has 1 aromatic rings. The molecule has 0 amide bonds. The lowest BCUT2D eigenvalue weighted by Gasteiger charge is -2.08. The Hall–Kier alpha value is -1.56. The number of hydrogen-bond acceptors (Lipinski definition) is 3. The molecule has 0 aliphatic heterocycles. The van der Waals surface area contributed by atoms with E-state index in [1.54, 1.807) is 0 Å². The molecule has 0 bridgehead atoms. The first-order valence-corrected chi connectivity index (χ1v) is 6.54. The number of hydrogen-bond donors (Lipinski definition) is 1. The Kier molecular flexibility index (Phi) is 7.08. The van der Waals surface area contributed by atoms with Crippen molar-refractivity contribution in [2.24, 2.45) is 10.9 Å². The van der Waals surface area contributed by atoms with Crippen LogP contribution in [0.15, 0.2) is 35.5 Å². The first kappa shape index (κ1) is 16.5. The van der Waals surface area contributed by atoms with Gasteiger partial charge in [-0.25, -0.2) is 0 Å². The zero-order valence-electron chi connectivity index (χ0n) is 11.2. The zero-order chi connectivity index (χ0) is 14.8. The predicted molar refractivity (Wildman–Crippen MR) is 72.5 cm³/mol. The maximum absolute atomic E-state index is 12.1. The quantitative estimate of drug-likeness (QED) is 0.452. The molecule has 20 heavy (non-hydrogen) atoms. The van der Waals surface area contributed by atoms with Gasteiger partial charge in [0.25, 0.3) is 0 Å². The molecule has 112 valence electrons. The molecule has 1 rings (SSSR count). The highest BCUT2D eigenvalue weighted by molar-refractivity contribution is 6.00. The van der Waals surface area contributed by atoms with Crippen LogP contribution in [0.4, 0.5) is 13.2 Å². The summed E-state index contributed by atoms with van der Waals surface area (Å²) in [7, 11) is 0. The largest absolute Gasteiger partial charge is 0.394 e. The van der Waals surface area contributed by atoms with Crippen LogP contribution in [-0.4, -0.2) is 25.0 Å². The molecule has 3 nitrogen and oxygen atoms in total. The average Bonchev–Trinajstić information content (AvgIpc) is 2.41. The first-order chi connectivity index (χ1) is 9.53. The van der Waals surface area contributed by atoms with Crippen LogP contribution < -0.4 is 5.73 Å². The molecule has 0 heterocycles. The minimum absolute atomic E-state index is 0.0895. The molecule has 0 radical (unpaired) electrons. The van der Waals surface area contributed by atoms with Crippen molar-refractivity contribution in [3.8, 4) is 0 Å². The highest BCUT2D eigenvalue weighted by atomic mass is 19.4. The van der Waals surface area contributed by atoms with Gasteiger partial charge in [-0.15, -0.1) is 0 Å². The molecule has 0 unspecified atom stereocenters. The third kappa shape index (κ3) is 7.13. The first-order valence-electron chi connectivity index (χ1n) is 6.54. The molecule has 2 N–H and O–H groups in total. The predicted octanol–water partition coefficient (Wildman–Crippen LogP) is 3.49. The summed E-state index contributed by atoms with van der Waals surface area (Å²) in [6, 6.07) is 9.28. The Balaban J connectivity index is 2.54. The minimum atomic E-state index is -4.10. The highest BCUT2D eigenvalue weighted by Gasteiger charge is 2.25. The van der Waals surface area contributed by atoms with Gasteiger partial charge in [-0.2, -0.15) is 13.2 Å². The van der Waals surface area contributed by atoms with Crippen molar-refractivity contribution in [3.05, 3.63) is 35.9 Å². The van der Waals surface area contributed by atoms with E-state index in [0.29, 0.717) is 31.7 Å². The van der Waals surface area contributed by atoms with Gasteiger partial charge in [0, 0.05) is 13.0 Å². The normalized spacial score (nSPS) is 12.5. The van der Waals surface area contributed by atoms with E-state index in [1.807, 2.05) is 30.3 Å². The lowest BCUT2D eigenvalue weighted by Crippen LogP contribution is -2.09. The second kappa shape index (κ2) is 8.58. The topological polar surface area (TPSA) is 47.6 Å². The van der Waals surface area contributed by atoms with Crippen LogP contribution >= 0.6 is 0 Å². The SMILES string of the molecule is NCCON=C(CCCCC(F)(F)F)c1ccccc1. The Bertz CT molecular complexity index is 405. The van der Waals surface area contributed by atoms with Crippen LogP contribution in [0, 0.1) is 0 Å². The minimum Gasteiger partial charge on any atom is -0.394 e. The summed E-state index contributed by atoms with van der Waals surface area (Å²) in [5.74, 6) is 0. The molecule has 6 heteroatoms. The molecule has 0 aliphatic rings. The van der Waals surface area contributed by atoms with Crippen LogP contribution in [0.3, 0.4) is 0 Å². The van der Waals surface area contributed by atoms with E-state index in [-0.39, 0.29) is 6.42 Å². The Morgan fingerprint density at radius 3 is 2.45 bits per heavy atom. The standard InChI is InChI=1S/C14H19F3N2O/c15-14(16,17)9-5-4-8-13(19-20-11-10-18)12-6-2-1-3-7-12/h1-3,6-7H,4-5,8-11,18H2. The van der Waals surface area contributed by atoms with Crippen LogP contribution in [0.5, 0.6) is 0 Å². The molecule has 0 aromatic heterocycles. The van der Waals surface area contributed by atoms with Crippen molar-refractivity contribution in [2.45, 2.75) is 31.9 Å². The fourth-order valence-electron chi connectivity index (χ4n) is 1.67. The third-order valence-corrected chi connectivity index (χ3v) is 2.61. The van der Waals surface area contributed by atoms with Gasteiger partial charge in [0.2, 0.25) is 0 Å². The summed E-state index contributed by atoms with van der Waals surface area (Å²) in [6.45, 7) is 0.637. The molecule has 0 saturated heterocycles. The molecule has 0 spiro atoms. The molecule has 0 saturated carbocycles. The molecule has 0 fully saturated rings. The fourth-order valence-corrected chi connectivity index (χ4v) is 1.67. The summed E-state index contributed by atoms with van der Waals surface area (Å²) in [4.78, 5) is 5.04. The number of nitrogens with zero attached hydrogens (tertiary/aromatic N) is 1. The number of unbranched alkanes of at least 4 members (excludes halogenated alkanes) is 1. The molecule has 0 atom stereocenters. The lowest BCUT2D eigenvalue weighted by molar-refractivity contribution is -0.135. The number of alkyl halides is 3. The smallest absolute Gasteiger partial charge is 0.389 e. The highest BCUT2D eigenvalue weighted by Crippen LogP contribution is 2.23. The number of rotatable bonds is 8. The average molecular weight is 288 g/mol. The molecule has 1 aromatic carbocycles. The van der Waals surface area contributed by atoms with Crippen LogP contribution in [0.2, 0.25) is 0 Å². The van der Waals surface area contributed by atoms with Gasteiger partial charge in [0.05, 0.1) is 5.71 Å².